The summed E-state index contributed by atoms with van der Waals surface area (Å²) in [6.45, 7) is 4.37. The van der Waals surface area contributed by atoms with Crippen molar-refractivity contribution in [1.29, 1.82) is 0 Å². The molecule has 2 aliphatic rings. The van der Waals surface area contributed by atoms with Gasteiger partial charge in [0.15, 0.2) is 17.3 Å². The molecule has 2 fully saturated rings. The van der Waals surface area contributed by atoms with Gasteiger partial charge in [-0.15, -0.1) is 0 Å². The number of hydrogen-bond acceptors (Lipinski definition) is 6. The van der Waals surface area contributed by atoms with Crippen molar-refractivity contribution in [2.45, 2.75) is 70.8 Å². The van der Waals surface area contributed by atoms with Crippen molar-refractivity contribution in [2.24, 2.45) is 17.8 Å². The molecule has 238 valence electrons. The van der Waals surface area contributed by atoms with E-state index in [1.807, 2.05) is 6.92 Å². The molecule has 0 unspecified atom stereocenters. The largest absolute Gasteiger partial charge is 0.483 e. The number of nitrogens with zero attached hydrogens (tertiary/aromatic N) is 1. The van der Waals surface area contributed by atoms with E-state index in [0.717, 1.165) is 17.0 Å². The standard InChI is InChI=1S/C28H35F5N4O6/c1-14(2)23(36-27(42)28(31,32)33)26(41)37-9-7-15(3)10-20(37)25(40)35-19(11-16-6-8-34-24(16)39)21(38)13-43-22-5-4-17(29)12-18(22)30/h4-5,12,14-16,19-20,23H,6-11,13H2,1-3H3,(H,34,39)(H,35,40)(H,36,42)/t15-,16-,19-,20+,23-/m0/s1. The van der Waals surface area contributed by atoms with Gasteiger partial charge in [-0.05, 0) is 49.7 Å². The predicted molar refractivity (Wildman–Crippen MR) is 141 cm³/mol. The number of hydrogen-bond donors (Lipinski definition) is 3. The Balaban J connectivity index is 1.81. The second kappa shape index (κ2) is 14.1. The fourth-order valence-corrected chi connectivity index (χ4v) is 5.10. The topological polar surface area (TPSA) is 134 Å². The van der Waals surface area contributed by atoms with Gasteiger partial charge < -0.3 is 25.6 Å². The van der Waals surface area contributed by atoms with Crippen LogP contribution in [-0.2, 0) is 24.0 Å². The van der Waals surface area contributed by atoms with Crippen molar-refractivity contribution in [3.8, 4) is 5.75 Å². The van der Waals surface area contributed by atoms with Crippen molar-refractivity contribution in [3.05, 3.63) is 29.8 Å². The van der Waals surface area contributed by atoms with E-state index in [0.29, 0.717) is 25.5 Å². The highest BCUT2D eigenvalue weighted by Gasteiger charge is 2.44. The summed E-state index contributed by atoms with van der Waals surface area (Å²) in [5, 5.41) is 6.92. The number of piperidine rings is 1. The Bertz CT molecular complexity index is 1230. The van der Waals surface area contributed by atoms with Crippen LogP contribution < -0.4 is 20.7 Å². The third kappa shape index (κ3) is 8.86. The van der Waals surface area contributed by atoms with Crippen LogP contribution in [0, 0.1) is 29.4 Å². The third-order valence-corrected chi connectivity index (χ3v) is 7.58. The number of carbonyl (C=O) groups excluding carboxylic acids is 5. The van der Waals surface area contributed by atoms with Crippen molar-refractivity contribution in [1.82, 2.24) is 20.9 Å². The molecule has 0 radical (unpaired) electrons. The number of Topliss-reactive ketones (excluding diaryl/α,β-unsaturated/α-hetero) is 1. The number of carbonyl (C=O) groups is 5. The molecule has 2 aliphatic heterocycles. The molecule has 0 spiro atoms. The lowest BCUT2D eigenvalue weighted by molar-refractivity contribution is -0.175. The predicted octanol–water partition coefficient (Wildman–Crippen LogP) is 2.25. The molecule has 2 heterocycles. The Morgan fingerprint density at radius 3 is 2.40 bits per heavy atom. The van der Waals surface area contributed by atoms with Crippen LogP contribution in [0.15, 0.2) is 18.2 Å². The van der Waals surface area contributed by atoms with E-state index in [1.54, 1.807) is 5.32 Å². The van der Waals surface area contributed by atoms with Crippen molar-refractivity contribution < 1.29 is 50.7 Å². The molecular formula is C28H35F5N4O6. The first-order valence-corrected chi connectivity index (χ1v) is 13.9. The molecule has 5 atom stereocenters. The fraction of sp³-hybridized carbons (Fsp3) is 0.607. The molecule has 3 rings (SSSR count). The van der Waals surface area contributed by atoms with E-state index in [2.05, 4.69) is 10.6 Å². The third-order valence-electron chi connectivity index (χ3n) is 7.58. The van der Waals surface area contributed by atoms with Crippen molar-refractivity contribution >= 4 is 29.4 Å². The van der Waals surface area contributed by atoms with E-state index in [-0.39, 0.29) is 31.2 Å². The zero-order valence-electron chi connectivity index (χ0n) is 23.9. The molecule has 0 aromatic heterocycles. The SMILES string of the molecule is CC(C)[C@H](NC(=O)C(F)(F)F)C(=O)N1CC[C@H](C)C[C@@H]1C(=O)N[C@@H](C[C@@H]1CCNC1=O)C(=O)COc1ccc(F)cc1F. The molecule has 10 nitrogen and oxygen atoms in total. The van der Waals surface area contributed by atoms with Crippen molar-refractivity contribution in [3.63, 3.8) is 0 Å². The minimum absolute atomic E-state index is 0.0137. The normalized spacial score (nSPS) is 22.0. The van der Waals surface area contributed by atoms with Gasteiger partial charge in [-0.3, -0.25) is 24.0 Å². The maximum Gasteiger partial charge on any atom is 0.471 e. The molecule has 1 aromatic carbocycles. The molecular weight excluding hydrogens is 583 g/mol. The van der Waals surface area contributed by atoms with E-state index in [4.69, 9.17) is 4.74 Å². The number of halogens is 5. The van der Waals surface area contributed by atoms with E-state index in [1.165, 1.54) is 13.8 Å². The van der Waals surface area contributed by atoms with E-state index >= 15 is 0 Å². The van der Waals surface area contributed by atoms with Gasteiger partial charge >= 0.3 is 12.1 Å². The quantitative estimate of drug-likeness (QED) is 0.326. The minimum atomic E-state index is -5.22. The summed E-state index contributed by atoms with van der Waals surface area (Å²) in [6, 6.07) is -1.57. The zero-order chi connectivity index (χ0) is 32.1. The number of benzene rings is 1. The molecule has 3 N–H and O–H groups in total. The Kier molecular flexibility index (Phi) is 11.1. The second-order valence-corrected chi connectivity index (χ2v) is 11.3. The van der Waals surface area contributed by atoms with Crippen LogP contribution in [0.3, 0.4) is 0 Å². The van der Waals surface area contributed by atoms with Crippen LogP contribution in [0.4, 0.5) is 22.0 Å². The maximum absolute atomic E-state index is 14.0. The number of alkyl halides is 3. The highest BCUT2D eigenvalue weighted by Crippen LogP contribution is 2.26. The first-order valence-electron chi connectivity index (χ1n) is 13.9. The maximum atomic E-state index is 14.0. The number of rotatable bonds is 11. The van der Waals surface area contributed by atoms with Gasteiger partial charge in [0.1, 0.15) is 24.5 Å². The zero-order valence-corrected chi connectivity index (χ0v) is 23.9. The lowest BCUT2D eigenvalue weighted by Crippen LogP contribution is -2.61. The number of ketones is 1. The summed E-state index contributed by atoms with van der Waals surface area (Å²) >= 11 is 0. The van der Waals surface area contributed by atoms with Crippen LogP contribution in [-0.4, -0.2) is 78.3 Å². The molecule has 0 aliphatic carbocycles. The smallest absolute Gasteiger partial charge is 0.471 e. The first-order chi connectivity index (χ1) is 20.1. The number of amides is 4. The summed E-state index contributed by atoms with van der Waals surface area (Å²) < 4.78 is 71.3. The Morgan fingerprint density at radius 2 is 1.81 bits per heavy atom. The summed E-state index contributed by atoms with van der Waals surface area (Å²) in [4.78, 5) is 65.2. The van der Waals surface area contributed by atoms with E-state index < -0.39 is 83.6 Å². The Labute approximate surface area is 245 Å². The van der Waals surface area contributed by atoms with Gasteiger partial charge in [-0.2, -0.15) is 13.2 Å². The van der Waals surface area contributed by atoms with Crippen LogP contribution in [0.5, 0.6) is 5.75 Å². The van der Waals surface area contributed by atoms with Gasteiger partial charge in [0.05, 0.1) is 6.04 Å². The van der Waals surface area contributed by atoms with Crippen LogP contribution in [0.2, 0.25) is 0 Å². The lowest BCUT2D eigenvalue weighted by atomic mass is 9.89. The van der Waals surface area contributed by atoms with Crippen LogP contribution >= 0.6 is 0 Å². The summed E-state index contributed by atoms with van der Waals surface area (Å²) in [5.74, 6) is -8.77. The summed E-state index contributed by atoms with van der Waals surface area (Å²) in [5.41, 5.74) is 0. The Hall–Kier alpha value is -3.78. The van der Waals surface area contributed by atoms with Gasteiger partial charge in [-0.1, -0.05) is 20.8 Å². The van der Waals surface area contributed by atoms with Crippen LogP contribution in [0.25, 0.3) is 0 Å². The van der Waals surface area contributed by atoms with Gasteiger partial charge in [0.2, 0.25) is 17.7 Å². The average Bonchev–Trinajstić information content (AvgIpc) is 3.33. The van der Waals surface area contributed by atoms with Gasteiger partial charge in [-0.25, -0.2) is 8.78 Å². The highest BCUT2D eigenvalue weighted by molar-refractivity contribution is 5.96. The number of ether oxygens (including phenoxy) is 1. The molecule has 43 heavy (non-hydrogen) atoms. The molecule has 4 amide bonds. The highest BCUT2D eigenvalue weighted by atomic mass is 19.4. The van der Waals surface area contributed by atoms with Crippen molar-refractivity contribution in [2.75, 3.05) is 19.7 Å². The monoisotopic (exact) mass is 618 g/mol. The average molecular weight is 619 g/mol. The molecule has 0 bridgehead atoms. The lowest BCUT2D eigenvalue weighted by Gasteiger charge is -2.40. The molecule has 15 heteroatoms. The fourth-order valence-electron chi connectivity index (χ4n) is 5.10. The van der Waals surface area contributed by atoms with Gasteiger partial charge in [0, 0.05) is 25.1 Å². The first kappa shape index (κ1) is 33.7. The summed E-state index contributed by atoms with van der Waals surface area (Å²) in [7, 11) is 0. The van der Waals surface area contributed by atoms with Gasteiger partial charge in [0.25, 0.3) is 0 Å². The number of nitrogens with one attached hydrogen (secondary N) is 3. The van der Waals surface area contributed by atoms with Crippen LogP contribution in [0.1, 0.15) is 46.5 Å². The second-order valence-electron chi connectivity index (χ2n) is 11.3. The summed E-state index contributed by atoms with van der Waals surface area (Å²) in [6.07, 6.45) is -4.41. The Morgan fingerprint density at radius 1 is 1.12 bits per heavy atom. The minimum Gasteiger partial charge on any atom is -0.483 e. The van der Waals surface area contributed by atoms with E-state index in [9.17, 15) is 45.9 Å². The number of likely N-dealkylation sites (tertiary alicyclic amines) is 1. The molecule has 0 saturated carbocycles. The molecule has 2 saturated heterocycles. The molecule has 1 aromatic rings.